The summed E-state index contributed by atoms with van der Waals surface area (Å²) in [5.41, 5.74) is 3.09. The highest BCUT2D eigenvalue weighted by Crippen LogP contribution is 2.18. The number of allylic oxidation sites excluding steroid dienone is 1. The van der Waals surface area contributed by atoms with Gasteiger partial charge in [0.1, 0.15) is 0 Å². The molecule has 0 atom stereocenters. The van der Waals surface area contributed by atoms with Crippen molar-refractivity contribution in [2.24, 2.45) is 0 Å². The number of benzene rings is 1. The van der Waals surface area contributed by atoms with Crippen molar-refractivity contribution in [2.75, 3.05) is 6.61 Å². The summed E-state index contributed by atoms with van der Waals surface area (Å²) in [6.07, 6.45) is 2.65. The molecule has 0 bridgehead atoms. The first-order valence-electron chi connectivity index (χ1n) is 4.78. The Hall–Kier alpha value is -1.12. The maximum atomic E-state index is 8.98. The number of rotatable bonds is 4. The third kappa shape index (κ3) is 2.69. The smallest absolute Gasteiger partial charge is 0.0682 e. The van der Waals surface area contributed by atoms with Gasteiger partial charge in [-0.1, -0.05) is 24.3 Å². The standard InChI is InChI=1S/C12H16O2/c1-2-11(6-7-13)12-5-3-4-10(8-12)9-14/h2-5,8,13-14H,6-7,9H2,1H3/b11-2-. The fourth-order valence-corrected chi connectivity index (χ4v) is 1.45. The van der Waals surface area contributed by atoms with Crippen LogP contribution < -0.4 is 0 Å². The molecule has 76 valence electrons. The van der Waals surface area contributed by atoms with E-state index >= 15 is 0 Å². The molecule has 0 aliphatic heterocycles. The molecular formula is C12H16O2. The van der Waals surface area contributed by atoms with Crippen LogP contribution in [-0.2, 0) is 6.61 Å². The Labute approximate surface area is 84.5 Å². The van der Waals surface area contributed by atoms with Crippen LogP contribution in [0, 0.1) is 0 Å². The highest BCUT2D eigenvalue weighted by Gasteiger charge is 2.00. The van der Waals surface area contributed by atoms with E-state index in [4.69, 9.17) is 10.2 Å². The molecule has 0 spiro atoms. The lowest BCUT2D eigenvalue weighted by atomic mass is 10.0. The van der Waals surface area contributed by atoms with Crippen LogP contribution in [0.3, 0.4) is 0 Å². The molecule has 0 amide bonds. The van der Waals surface area contributed by atoms with E-state index in [-0.39, 0.29) is 13.2 Å². The van der Waals surface area contributed by atoms with Crippen LogP contribution in [0.5, 0.6) is 0 Å². The van der Waals surface area contributed by atoms with Gasteiger partial charge in [0.15, 0.2) is 0 Å². The number of aliphatic hydroxyl groups is 2. The summed E-state index contributed by atoms with van der Waals surface area (Å²) in [7, 11) is 0. The molecule has 0 radical (unpaired) electrons. The van der Waals surface area contributed by atoms with E-state index in [1.54, 1.807) is 0 Å². The molecule has 0 heterocycles. The lowest BCUT2D eigenvalue weighted by Crippen LogP contribution is -1.91. The Morgan fingerprint density at radius 2 is 2.14 bits per heavy atom. The van der Waals surface area contributed by atoms with Crippen molar-refractivity contribution < 1.29 is 10.2 Å². The second-order valence-electron chi connectivity index (χ2n) is 3.15. The van der Waals surface area contributed by atoms with Gasteiger partial charge in [-0.25, -0.2) is 0 Å². The second kappa shape index (κ2) is 5.58. The van der Waals surface area contributed by atoms with Crippen molar-refractivity contribution in [3.05, 3.63) is 41.5 Å². The van der Waals surface area contributed by atoms with Gasteiger partial charge in [-0.2, -0.15) is 0 Å². The summed E-state index contributed by atoms with van der Waals surface area (Å²) < 4.78 is 0. The minimum Gasteiger partial charge on any atom is -0.396 e. The summed E-state index contributed by atoms with van der Waals surface area (Å²) in [6, 6.07) is 7.74. The summed E-state index contributed by atoms with van der Waals surface area (Å²) in [5, 5.41) is 17.8. The van der Waals surface area contributed by atoms with Crippen molar-refractivity contribution in [3.8, 4) is 0 Å². The van der Waals surface area contributed by atoms with Gasteiger partial charge in [0, 0.05) is 6.61 Å². The maximum absolute atomic E-state index is 8.98. The number of aliphatic hydroxyl groups excluding tert-OH is 2. The molecule has 0 saturated heterocycles. The zero-order valence-electron chi connectivity index (χ0n) is 8.40. The van der Waals surface area contributed by atoms with Crippen LogP contribution in [0.4, 0.5) is 0 Å². The van der Waals surface area contributed by atoms with E-state index in [1.165, 1.54) is 0 Å². The molecule has 0 aliphatic carbocycles. The van der Waals surface area contributed by atoms with Crippen LogP contribution >= 0.6 is 0 Å². The topological polar surface area (TPSA) is 40.5 Å². The summed E-state index contributed by atoms with van der Waals surface area (Å²) >= 11 is 0. The molecular weight excluding hydrogens is 176 g/mol. The molecule has 0 aromatic heterocycles. The molecule has 0 fully saturated rings. The average Bonchev–Trinajstić information content (AvgIpc) is 2.26. The number of hydrogen-bond acceptors (Lipinski definition) is 2. The van der Waals surface area contributed by atoms with Gasteiger partial charge >= 0.3 is 0 Å². The van der Waals surface area contributed by atoms with Crippen LogP contribution in [0.25, 0.3) is 5.57 Å². The Morgan fingerprint density at radius 3 is 2.71 bits per heavy atom. The van der Waals surface area contributed by atoms with Gasteiger partial charge in [-0.05, 0) is 36.1 Å². The maximum Gasteiger partial charge on any atom is 0.0682 e. The minimum absolute atomic E-state index is 0.0595. The molecule has 2 N–H and O–H groups in total. The van der Waals surface area contributed by atoms with E-state index in [0.717, 1.165) is 16.7 Å². The summed E-state index contributed by atoms with van der Waals surface area (Å²) in [4.78, 5) is 0. The monoisotopic (exact) mass is 192 g/mol. The summed E-state index contributed by atoms with van der Waals surface area (Å²) in [6.45, 7) is 2.17. The van der Waals surface area contributed by atoms with Crippen LogP contribution in [0.15, 0.2) is 30.3 Å². The third-order valence-electron chi connectivity index (χ3n) is 2.21. The Balaban J connectivity index is 2.93. The predicted octanol–water partition coefficient (Wildman–Crippen LogP) is 1.96. The highest BCUT2D eigenvalue weighted by molar-refractivity contribution is 5.65. The van der Waals surface area contributed by atoms with Crippen molar-refractivity contribution in [1.82, 2.24) is 0 Å². The first kappa shape index (κ1) is 11.0. The van der Waals surface area contributed by atoms with Crippen LogP contribution in [0.1, 0.15) is 24.5 Å². The van der Waals surface area contributed by atoms with E-state index in [2.05, 4.69) is 0 Å². The lowest BCUT2D eigenvalue weighted by Gasteiger charge is -2.06. The molecule has 0 aliphatic rings. The van der Waals surface area contributed by atoms with Gasteiger partial charge in [-0.3, -0.25) is 0 Å². The minimum atomic E-state index is 0.0595. The first-order chi connectivity index (χ1) is 6.81. The normalized spacial score (nSPS) is 11.8. The van der Waals surface area contributed by atoms with Crippen molar-refractivity contribution in [1.29, 1.82) is 0 Å². The molecule has 14 heavy (non-hydrogen) atoms. The van der Waals surface area contributed by atoms with Gasteiger partial charge in [0.2, 0.25) is 0 Å². The Morgan fingerprint density at radius 1 is 1.36 bits per heavy atom. The van der Waals surface area contributed by atoms with Crippen molar-refractivity contribution >= 4 is 5.57 Å². The Bertz CT molecular complexity index is 316. The average molecular weight is 192 g/mol. The SMILES string of the molecule is C/C=C(/CCO)c1cccc(CO)c1. The van der Waals surface area contributed by atoms with Gasteiger partial charge in [0.25, 0.3) is 0 Å². The largest absolute Gasteiger partial charge is 0.396 e. The third-order valence-corrected chi connectivity index (χ3v) is 2.21. The van der Waals surface area contributed by atoms with E-state index < -0.39 is 0 Å². The molecule has 2 heteroatoms. The second-order valence-corrected chi connectivity index (χ2v) is 3.15. The van der Waals surface area contributed by atoms with E-state index in [1.807, 2.05) is 37.3 Å². The predicted molar refractivity (Wildman–Crippen MR) is 57.7 cm³/mol. The highest BCUT2D eigenvalue weighted by atomic mass is 16.3. The van der Waals surface area contributed by atoms with Crippen molar-refractivity contribution in [3.63, 3.8) is 0 Å². The van der Waals surface area contributed by atoms with Gasteiger partial charge < -0.3 is 10.2 Å². The van der Waals surface area contributed by atoms with Crippen LogP contribution in [0.2, 0.25) is 0 Å². The zero-order chi connectivity index (χ0) is 10.4. The first-order valence-corrected chi connectivity index (χ1v) is 4.78. The van der Waals surface area contributed by atoms with Crippen LogP contribution in [-0.4, -0.2) is 16.8 Å². The van der Waals surface area contributed by atoms with E-state index in [0.29, 0.717) is 6.42 Å². The van der Waals surface area contributed by atoms with Gasteiger partial charge in [-0.15, -0.1) is 0 Å². The Kier molecular flexibility index (Phi) is 4.36. The van der Waals surface area contributed by atoms with E-state index in [9.17, 15) is 0 Å². The zero-order valence-corrected chi connectivity index (χ0v) is 8.40. The molecule has 0 unspecified atom stereocenters. The molecule has 0 saturated carbocycles. The molecule has 1 aromatic rings. The summed E-state index contributed by atoms with van der Waals surface area (Å²) in [5.74, 6) is 0. The van der Waals surface area contributed by atoms with Crippen molar-refractivity contribution in [2.45, 2.75) is 20.0 Å². The molecule has 2 nitrogen and oxygen atoms in total. The lowest BCUT2D eigenvalue weighted by molar-refractivity contribution is 0.282. The quantitative estimate of drug-likeness (QED) is 0.765. The molecule has 1 rings (SSSR count). The number of hydrogen-bond donors (Lipinski definition) is 2. The molecule has 1 aromatic carbocycles. The fourth-order valence-electron chi connectivity index (χ4n) is 1.45. The van der Waals surface area contributed by atoms with Gasteiger partial charge in [0.05, 0.1) is 6.61 Å². The fraction of sp³-hybridized carbons (Fsp3) is 0.333.